The number of likely N-dealkylation sites (tertiary alicyclic amines) is 1. The maximum absolute atomic E-state index is 13.3. The number of halogens is 1. The van der Waals surface area contributed by atoms with Crippen LogP contribution in [0.5, 0.6) is 5.75 Å². The summed E-state index contributed by atoms with van der Waals surface area (Å²) in [7, 11) is 0. The maximum atomic E-state index is 13.3. The van der Waals surface area contributed by atoms with E-state index in [-0.39, 0.29) is 31.2 Å². The lowest BCUT2D eigenvalue weighted by Gasteiger charge is -2.30. The van der Waals surface area contributed by atoms with Crippen LogP contribution >= 0.6 is 0 Å². The van der Waals surface area contributed by atoms with E-state index in [4.69, 9.17) is 9.84 Å². The summed E-state index contributed by atoms with van der Waals surface area (Å²) in [6.45, 7) is 0.893. The summed E-state index contributed by atoms with van der Waals surface area (Å²) >= 11 is 0. The molecule has 6 heteroatoms. The van der Waals surface area contributed by atoms with E-state index in [1.807, 2.05) is 0 Å². The molecule has 0 aliphatic carbocycles. The molecule has 21 heavy (non-hydrogen) atoms. The minimum Gasteiger partial charge on any atom is -0.490 e. The van der Waals surface area contributed by atoms with E-state index in [2.05, 4.69) is 0 Å². The van der Waals surface area contributed by atoms with Gasteiger partial charge in [-0.25, -0.2) is 4.39 Å². The lowest BCUT2D eigenvalue weighted by molar-refractivity contribution is -0.145. The van der Waals surface area contributed by atoms with E-state index in [1.165, 1.54) is 12.1 Å². The predicted molar refractivity (Wildman–Crippen MR) is 73.5 cm³/mol. The van der Waals surface area contributed by atoms with Crippen LogP contribution in [0.4, 0.5) is 4.39 Å². The number of piperidine rings is 1. The highest BCUT2D eigenvalue weighted by atomic mass is 19.1. The third kappa shape index (κ3) is 4.18. The number of para-hydroxylation sites is 1. The molecular formula is C15H18FNO4. The van der Waals surface area contributed by atoms with Crippen molar-refractivity contribution in [1.29, 1.82) is 0 Å². The molecule has 0 spiro atoms. The number of hydrogen-bond donors (Lipinski definition) is 1. The lowest BCUT2D eigenvalue weighted by atomic mass is 9.98. The van der Waals surface area contributed by atoms with E-state index in [1.54, 1.807) is 17.0 Å². The van der Waals surface area contributed by atoms with Gasteiger partial charge in [-0.1, -0.05) is 12.1 Å². The van der Waals surface area contributed by atoms with Gasteiger partial charge in [-0.3, -0.25) is 9.59 Å². The molecule has 0 radical (unpaired) electrons. The second-order valence-corrected chi connectivity index (χ2v) is 5.05. The van der Waals surface area contributed by atoms with Crippen molar-refractivity contribution in [2.24, 2.45) is 5.92 Å². The molecule has 1 fully saturated rings. The molecule has 0 aromatic heterocycles. The molecule has 114 valence electrons. The first-order valence-corrected chi connectivity index (χ1v) is 6.96. The normalized spacial score (nSPS) is 18.3. The fourth-order valence-electron chi connectivity index (χ4n) is 2.37. The van der Waals surface area contributed by atoms with Crippen molar-refractivity contribution >= 4 is 11.9 Å². The Bertz CT molecular complexity index is 520. The first kappa shape index (κ1) is 15.3. The summed E-state index contributed by atoms with van der Waals surface area (Å²) in [4.78, 5) is 24.5. The van der Waals surface area contributed by atoms with Crippen LogP contribution in [0.1, 0.15) is 19.3 Å². The van der Waals surface area contributed by atoms with Gasteiger partial charge >= 0.3 is 5.97 Å². The number of amides is 1. The summed E-state index contributed by atoms with van der Waals surface area (Å²) < 4.78 is 18.6. The van der Waals surface area contributed by atoms with E-state index in [9.17, 15) is 14.0 Å². The third-order valence-electron chi connectivity index (χ3n) is 3.53. The molecule has 1 aromatic rings. The summed E-state index contributed by atoms with van der Waals surface area (Å²) in [6, 6.07) is 6.01. The van der Waals surface area contributed by atoms with Gasteiger partial charge in [-0.15, -0.1) is 0 Å². The van der Waals surface area contributed by atoms with Crippen molar-refractivity contribution in [1.82, 2.24) is 4.90 Å². The zero-order valence-electron chi connectivity index (χ0n) is 11.6. The van der Waals surface area contributed by atoms with Gasteiger partial charge in [0.15, 0.2) is 11.6 Å². The Hall–Kier alpha value is -2.11. The maximum Gasteiger partial charge on any atom is 0.308 e. The van der Waals surface area contributed by atoms with E-state index >= 15 is 0 Å². The average Bonchev–Trinajstić information content (AvgIpc) is 2.49. The van der Waals surface area contributed by atoms with Crippen LogP contribution in [0.2, 0.25) is 0 Å². The molecule has 1 aliphatic rings. The molecule has 1 saturated heterocycles. The lowest BCUT2D eigenvalue weighted by Crippen LogP contribution is -2.42. The minimum absolute atomic E-state index is 0.0774. The van der Waals surface area contributed by atoms with Crippen LogP contribution in [0.15, 0.2) is 24.3 Å². The molecular weight excluding hydrogens is 277 g/mol. The number of carbonyl (C=O) groups excluding carboxylic acids is 1. The summed E-state index contributed by atoms with van der Waals surface area (Å²) in [5, 5.41) is 8.99. The van der Waals surface area contributed by atoms with Crippen molar-refractivity contribution in [3.8, 4) is 5.75 Å². The SMILES string of the molecule is O=C(O)C1CCCN(C(=O)CCOc2ccccc2F)C1. The first-order chi connectivity index (χ1) is 10.1. The topological polar surface area (TPSA) is 66.8 Å². The van der Waals surface area contributed by atoms with Crippen LogP contribution in [0, 0.1) is 11.7 Å². The van der Waals surface area contributed by atoms with Crippen molar-refractivity contribution in [3.05, 3.63) is 30.1 Å². The van der Waals surface area contributed by atoms with Gasteiger partial charge in [0, 0.05) is 13.1 Å². The quantitative estimate of drug-likeness (QED) is 0.901. The Morgan fingerprint density at radius 3 is 2.86 bits per heavy atom. The van der Waals surface area contributed by atoms with Crippen molar-refractivity contribution in [3.63, 3.8) is 0 Å². The molecule has 5 nitrogen and oxygen atoms in total. The smallest absolute Gasteiger partial charge is 0.308 e. The van der Waals surface area contributed by atoms with E-state index < -0.39 is 17.7 Å². The Morgan fingerprint density at radius 1 is 1.38 bits per heavy atom. The van der Waals surface area contributed by atoms with Crippen LogP contribution in [-0.2, 0) is 9.59 Å². The van der Waals surface area contributed by atoms with E-state index in [0.29, 0.717) is 19.4 Å². The zero-order chi connectivity index (χ0) is 15.2. The minimum atomic E-state index is -0.866. The highest BCUT2D eigenvalue weighted by molar-refractivity contribution is 5.78. The number of nitrogens with zero attached hydrogens (tertiary/aromatic N) is 1. The molecule has 0 bridgehead atoms. The predicted octanol–water partition coefficient (Wildman–Crippen LogP) is 1.92. The number of carboxylic acids is 1. The Balaban J connectivity index is 1.79. The number of ether oxygens (including phenoxy) is 1. The van der Waals surface area contributed by atoms with Crippen LogP contribution < -0.4 is 4.74 Å². The molecule has 2 rings (SSSR count). The molecule has 1 aliphatic heterocycles. The number of aliphatic carboxylic acids is 1. The van der Waals surface area contributed by atoms with Crippen LogP contribution in [-0.4, -0.2) is 41.6 Å². The summed E-state index contributed by atoms with van der Waals surface area (Å²) in [5.41, 5.74) is 0. The second kappa shape index (κ2) is 7.06. The highest BCUT2D eigenvalue weighted by Gasteiger charge is 2.27. The van der Waals surface area contributed by atoms with Gasteiger partial charge in [-0.2, -0.15) is 0 Å². The fourth-order valence-corrected chi connectivity index (χ4v) is 2.37. The van der Waals surface area contributed by atoms with Gasteiger partial charge in [0.05, 0.1) is 18.9 Å². The van der Waals surface area contributed by atoms with Crippen LogP contribution in [0.3, 0.4) is 0 Å². The second-order valence-electron chi connectivity index (χ2n) is 5.05. The fraction of sp³-hybridized carbons (Fsp3) is 0.467. The van der Waals surface area contributed by atoms with Gasteiger partial charge in [0.1, 0.15) is 0 Å². The van der Waals surface area contributed by atoms with Crippen molar-refractivity contribution < 1.29 is 23.8 Å². The van der Waals surface area contributed by atoms with Gasteiger partial charge in [0.25, 0.3) is 0 Å². The van der Waals surface area contributed by atoms with Gasteiger partial charge in [0.2, 0.25) is 5.91 Å². The van der Waals surface area contributed by atoms with Crippen LogP contribution in [0.25, 0.3) is 0 Å². The summed E-state index contributed by atoms with van der Waals surface area (Å²) in [5.74, 6) is -1.86. The number of hydrogen-bond acceptors (Lipinski definition) is 3. The zero-order valence-corrected chi connectivity index (χ0v) is 11.6. The summed E-state index contributed by atoms with van der Waals surface area (Å²) in [6.07, 6.45) is 1.41. The molecule has 1 aromatic carbocycles. The Kier molecular flexibility index (Phi) is 5.14. The largest absolute Gasteiger partial charge is 0.490 e. The molecule has 1 N–H and O–H groups in total. The number of carbonyl (C=O) groups is 2. The van der Waals surface area contributed by atoms with Gasteiger partial charge in [-0.05, 0) is 25.0 Å². The van der Waals surface area contributed by atoms with Crippen molar-refractivity contribution in [2.75, 3.05) is 19.7 Å². The molecule has 1 amide bonds. The molecule has 0 saturated carbocycles. The van der Waals surface area contributed by atoms with Gasteiger partial charge < -0.3 is 14.7 Å². The standard InChI is InChI=1S/C15H18FNO4/c16-12-5-1-2-6-13(12)21-9-7-14(18)17-8-3-4-11(10-17)15(19)20/h1-2,5-6,11H,3-4,7-10H2,(H,19,20). The molecule has 1 heterocycles. The van der Waals surface area contributed by atoms with E-state index in [0.717, 1.165) is 0 Å². The average molecular weight is 295 g/mol. The number of benzene rings is 1. The molecule has 1 atom stereocenters. The number of rotatable bonds is 5. The third-order valence-corrected chi connectivity index (χ3v) is 3.53. The Morgan fingerprint density at radius 2 is 2.14 bits per heavy atom. The molecule has 1 unspecified atom stereocenters. The van der Waals surface area contributed by atoms with Crippen molar-refractivity contribution in [2.45, 2.75) is 19.3 Å². The number of carboxylic acid groups (broad SMARTS) is 1. The monoisotopic (exact) mass is 295 g/mol. The highest BCUT2D eigenvalue weighted by Crippen LogP contribution is 2.18. The first-order valence-electron chi connectivity index (χ1n) is 6.96. The Labute approximate surface area is 122 Å².